The van der Waals surface area contributed by atoms with Crippen LogP contribution in [0.5, 0.6) is 0 Å². The lowest BCUT2D eigenvalue weighted by Gasteiger charge is -2.18. The predicted octanol–water partition coefficient (Wildman–Crippen LogP) is 2.78. The minimum Gasteiger partial charge on any atom is -0.345 e. The van der Waals surface area contributed by atoms with Gasteiger partial charge in [-0.15, -0.1) is 12.4 Å². The highest BCUT2D eigenvalue weighted by Crippen LogP contribution is 2.32. The van der Waals surface area contributed by atoms with Gasteiger partial charge in [0, 0.05) is 25.7 Å². The Kier molecular flexibility index (Phi) is 7.32. The number of carbonyl (C=O) groups excluding carboxylic acids is 2. The molecule has 3 N–H and O–H groups in total. The first-order valence-electron chi connectivity index (χ1n) is 7.46. The van der Waals surface area contributed by atoms with E-state index in [1.165, 1.54) is 4.90 Å². The summed E-state index contributed by atoms with van der Waals surface area (Å²) < 4.78 is 0. The molecule has 23 heavy (non-hydrogen) atoms. The molecule has 1 aliphatic carbocycles. The van der Waals surface area contributed by atoms with Crippen LogP contribution in [0.2, 0.25) is 5.02 Å². The minimum atomic E-state index is -0.193. The number of carbonyl (C=O) groups is 2. The second kappa shape index (κ2) is 8.52. The molecule has 0 saturated heterocycles. The Morgan fingerprint density at radius 3 is 2.65 bits per heavy atom. The van der Waals surface area contributed by atoms with Crippen molar-refractivity contribution in [3.8, 4) is 0 Å². The molecule has 0 aromatic heterocycles. The predicted molar refractivity (Wildman–Crippen MR) is 95.2 cm³/mol. The van der Waals surface area contributed by atoms with Gasteiger partial charge in [0.05, 0.1) is 10.6 Å². The molecule has 2 amide bonds. The van der Waals surface area contributed by atoms with E-state index in [0.29, 0.717) is 22.8 Å². The second-order valence-electron chi connectivity index (χ2n) is 5.92. The van der Waals surface area contributed by atoms with Gasteiger partial charge in [-0.2, -0.15) is 0 Å². The molecule has 0 radical (unpaired) electrons. The van der Waals surface area contributed by atoms with Crippen LogP contribution in [0.1, 0.15) is 29.6 Å². The number of rotatable bonds is 4. The van der Waals surface area contributed by atoms with E-state index in [1.54, 1.807) is 32.3 Å². The molecular formula is C16H23Cl2N3O2. The van der Waals surface area contributed by atoms with Gasteiger partial charge in [-0.1, -0.05) is 18.0 Å². The highest BCUT2D eigenvalue weighted by Gasteiger charge is 2.32. The zero-order valence-electron chi connectivity index (χ0n) is 13.3. The Balaban J connectivity index is 0.00000264. The number of nitrogens with zero attached hydrogens (tertiary/aromatic N) is 1. The lowest BCUT2D eigenvalue weighted by atomic mass is 9.95. The van der Waals surface area contributed by atoms with Crippen molar-refractivity contribution in [2.24, 2.45) is 17.6 Å². The van der Waals surface area contributed by atoms with E-state index in [4.69, 9.17) is 17.3 Å². The molecule has 128 valence electrons. The maximum Gasteiger partial charge on any atom is 0.254 e. The molecule has 1 fully saturated rings. The monoisotopic (exact) mass is 359 g/mol. The lowest BCUT2D eigenvalue weighted by molar-refractivity contribution is -0.120. The number of nitrogens with two attached hydrogens (primary N) is 1. The van der Waals surface area contributed by atoms with Crippen molar-refractivity contribution in [3.05, 3.63) is 28.8 Å². The zero-order valence-corrected chi connectivity index (χ0v) is 14.9. The molecule has 5 nitrogen and oxygen atoms in total. The van der Waals surface area contributed by atoms with Gasteiger partial charge < -0.3 is 16.0 Å². The molecule has 0 unspecified atom stereocenters. The number of benzene rings is 1. The summed E-state index contributed by atoms with van der Waals surface area (Å²) in [6.45, 7) is 0.531. The normalized spacial score (nSPS) is 19.8. The van der Waals surface area contributed by atoms with Gasteiger partial charge in [-0.25, -0.2) is 0 Å². The maximum absolute atomic E-state index is 12.4. The van der Waals surface area contributed by atoms with Crippen LogP contribution in [0.4, 0.5) is 5.69 Å². The number of halogens is 2. The minimum absolute atomic E-state index is 0. The summed E-state index contributed by atoms with van der Waals surface area (Å²) in [4.78, 5) is 25.9. The SMILES string of the molecule is CN(C)C(=O)c1cc(NC(=O)[C@@H]2CCC[C@@H]2CN)ccc1Cl.Cl. The largest absolute Gasteiger partial charge is 0.345 e. The molecule has 0 heterocycles. The van der Waals surface area contributed by atoms with Gasteiger partial charge in [-0.3, -0.25) is 9.59 Å². The summed E-state index contributed by atoms with van der Waals surface area (Å²) in [5, 5.41) is 3.26. The van der Waals surface area contributed by atoms with E-state index in [0.717, 1.165) is 19.3 Å². The van der Waals surface area contributed by atoms with Crippen LogP contribution < -0.4 is 11.1 Å². The van der Waals surface area contributed by atoms with Crippen molar-refractivity contribution in [1.29, 1.82) is 0 Å². The highest BCUT2D eigenvalue weighted by molar-refractivity contribution is 6.34. The summed E-state index contributed by atoms with van der Waals surface area (Å²) in [7, 11) is 3.32. The summed E-state index contributed by atoms with van der Waals surface area (Å²) in [5.74, 6) is -0.0239. The topological polar surface area (TPSA) is 75.4 Å². The number of amides is 2. The smallest absolute Gasteiger partial charge is 0.254 e. The van der Waals surface area contributed by atoms with Crippen LogP contribution in [-0.4, -0.2) is 37.4 Å². The van der Waals surface area contributed by atoms with Crippen molar-refractivity contribution in [2.45, 2.75) is 19.3 Å². The van der Waals surface area contributed by atoms with Crippen LogP contribution >= 0.6 is 24.0 Å². The summed E-state index contributed by atoms with van der Waals surface area (Å²) in [6.07, 6.45) is 2.90. The second-order valence-corrected chi connectivity index (χ2v) is 6.32. The van der Waals surface area contributed by atoms with Gasteiger partial charge in [0.2, 0.25) is 5.91 Å². The van der Waals surface area contributed by atoms with E-state index in [9.17, 15) is 9.59 Å². The molecule has 2 atom stereocenters. The van der Waals surface area contributed by atoms with Crippen molar-refractivity contribution in [3.63, 3.8) is 0 Å². The Hall–Kier alpha value is -1.30. The first kappa shape index (κ1) is 19.7. The molecule has 7 heteroatoms. The third-order valence-corrected chi connectivity index (χ3v) is 4.50. The fourth-order valence-electron chi connectivity index (χ4n) is 2.91. The fraction of sp³-hybridized carbons (Fsp3) is 0.500. The van der Waals surface area contributed by atoms with Crippen molar-refractivity contribution >= 4 is 41.5 Å². The van der Waals surface area contributed by atoms with Crippen LogP contribution in [0.15, 0.2) is 18.2 Å². The maximum atomic E-state index is 12.4. The Morgan fingerprint density at radius 1 is 1.35 bits per heavy atom. The zero-order chi connectivity index (χ0) is 16.3. The first-order valence-corrected chi connectivity index (χ1v) is 7.84. The average Bonchev–Trinajstić information content (AvgIpc) is 2.97. The Morgan fingerprint density at radius 2 is 2.04 bits per heavy atom. The molecular weight excluding hydrogens is 337 g/mol. The Bertz CT molecular complexity index is 578. The molecule has 1 aromatic carbocycles. The first-order chi connectivity index (χ1) is 10.4. The summed E-state index contributed by atoms with van der Waals surface area (Å²) >= 11 is 6.07. The molecule has 1 aromatic rings. The van der Waals surface area contributed by atoms with E-state index >= 15 is 0 Å². The van der Waals surface area contributed by atoms with E-state index in [2.05, 4.69) is 5.32 Å². The molecule has 1 saturated carbocycles. The van der Waals surface area contributed by atoms with Gasteiger partial charge in [0.15, 0.2) is 0 Å². The van der Waals surface area contributed by atoms with E-state index in [1.807, 2.05) is 0 Å². The molecule has 1 aliphatic rings. The quantitative estimate of drug-likeness (QED) is 0.867. The third kappa shape index (κ3) is 4.59. The molecule has 2 rings (SSSR count). The molecule has 0 aliphatic heterocycles. The van der Waals surface area contributed by atoms with Crippen LogP contribution in [0.3, 0.4) is 0 Å². The number of anilines is 1. The van der Waals surface area contributed by atoms with Gasteiger partial charge in [-0.05, 0) is 43.5 Å². The van der Waals surface area contributed by atoms with Gasteiger partial charge in [0.1, 0.15) is 0 Å². The summed E-state index contributed by atoms with van der Waals surface area (Å²) in [6, 6.07) is 4.96. The number of hydrogen-bond donors (Lipinski definition) is 2. The van der Waals surface area contributed by atoms with Crippen molar-refractivity contribution in [1.82, 2.24) is 4.90 Å². The van der Waals surface area contributed by atoms with E-state index in [-0.39, 0.29) is 36.1 Å². The van der Waals surface area contributed by atoms with Gasteiger partial charge >= 0.3 is 0 Å². The van der Waals surface area contributed by atoms with Gasteiger partial charge in [0.25, 0.3) is 5.91 Å². The van der Waals surface area contributed by atoms with Crippen molar-refractivity contribution in [2.75, 3.05) is 26.0 Å². The number of hydrogen-bond acceptors (Lipinski definition) is 3. The molecule has 0 bridgehead atoms. The third-order valence-electron chi connectivity index (χ3n) is 4.17. The standard InChI is InChI=1S/C16H22ClN3O2.ClH/c1-20(2)16(22)13-8-11(6-7-14(13)17)19-15(21)12-5-3-4-10(12)9-18;/h6-8,10,12H,3-5,9,18H2,1-2H3,(H,19,21);1H/t10-,12-;/m1./s1. The fourth-order valence-corrected chi connectivity index (χ4v) is 3.11. The Labute approximate surface area is 148 Å². The van der Waals surface area contributed by atoms with Crippen molar-refractivity contribution < 1.29 is 9.59 Å². The summed E-state index contributed by atoms with van der Waals surface area (Å²) in [5.41, 5.74) is 6.69. The average molecular weight is 360 g/mol. The van der Waals surface area contributed by atoms with E-state index < -0.39 is 0 Å². The number of nitrogens with one attached hydrogen (secondary N) is 1. The molecule has 0 spiro atoms. The van der Waals surface area contributed by atoms with Crippen LogP contribution in [0, 0.1) is 11.8 Å². The van der Waals surface area contributed by atoms with Crippen LogP contribution in [-0.2, 0) is 4.79 Å². The van der Waals surface area contributed by atoms with Crippen LogP contribution in [0.25, 0.3) is 0 Å². The lowest BCUT2D eigenvalue weighted by Crippen LogP contribution is -2.30. The highest BCUT2D eigenvalue weighted by atomic mass is 35.5.